The predicted molar refractivity (Wildman–Crippen MR) is 90.1 cm³/mol. The second-order valence-corrected chi connectivity index (χ2v) is 6.36. The Hall–Kier alpha value is -1.59. The maximum atomic E-state index is 11.7. The van der Waals surface area contributed by atoms with Crippen molar-refractivity contribution < 1.29 is 9.53 Å². The van der Waals surface area contributed by atoms with Crippen LogP contribution in [0, 0.1) is 0 Å². The standard InChI is InChI=1S/C17H29N3O2/c1-17(2,3)20-16(21)13-22-15-8-6-14(7-9-15)12-19-11-5-10-18-4/h6-9,18-19H,5,10-13H2,1-4H3,(H,20,21). The summed E-state index contributed by atoms with van der Waals surface area (Å²) in [5.41, 5.74) is 0.972. The van der Waals surface area contributed by atoms with Gasteiger partial charge in [0.15, 0.2) is 6.61 Å². The van der Waals surface area contributed by atoms with Crippen molar-refractivity contribution in [2.75, 3.05) is 26.7 Å². The van der Waals surface area contributed by atoms with Gasteiger partial charge >= 0.3 is 0 Å². The minimum Gasteiger partial charge on any atom is -0.484 e. The molecule has 0 heterocycles. The molecule has 124 valence electrons. The van der Waals surface area contributed by atoms with Crippen LogP contribution in [0.5, 0.6) is 5.75 Å². The summed E-state index contributed by atoms with van der Waals surface area (Å²) >= 11 is 0. The molecule has 0 aliphatic heterocycles. The first kappa shape index (κ1) is 18.5. The fourth-order valence-electron chi connectivity index (χ4n) is 1.93. The maximum Gasteiger partial charge on any atom is 0.258 e. The largest absolute Gasteiger partial charge is 0.484 e. The lowest BCUT2D eigenvalue weighted by molar-refractivity contribution is -0.124. The van der Waals surface area contributed by atoms with Crippen molar-refractivity contribution >= 4 is 5.91 Å². The molecular formula is C17H29N3O2. The maximum absolute atomic E-state index is 11.7. The topological polar surface area (TPSA) is 62.4 Å². The number of carbonyl (C=O) groups is 1. The molecule has 5 heteroatoms. The number of ether oxygens (including phenoxy) is 1. The third-order valence-electron chi connectivity index (χ3n) is 2.92. The molecule has 0 fully saturated rings. The Kier molecular flexibility index (Phi) is 7.91. The fraction of sp³-hybridized carbons (Fsp3) is 0.588. The van der Waals surface area contributed by atoms with Gasteiger partial charge in [-0.05, 0) is 65.0 Å². The van der Waals surface area contributed by atoms with Gasteiger partial charge in [-0.3, -0.25) is 4.79 Å². The number of nitrogens with one attached hydrogen (secondary N) is 3. The van der Waals surface area contributed by atoms with Crippen molar-refractivity contribution in [3.05, 3.63) is 29.8 Å². The predicted octanol–water partition coefficient (Wildman–Crippen LogP) is 1.68. The zero-order chi connectivity index (χ0) is 16.4. The van der Waals surface area contributed by atoms with E-state index in [1.165, 1.54) is 5.56 Å². The molecule has 3 N–H and O–H groups in total. The highest BCUT2D eigenvalue weighted by Crippen LogP contribution is 2.12. The van der Waals surface area contributed by atoms with Crippen LogP contribution in [0.15, 0.2) is 24.3 Å². The molecule has 0 unspecified atom stereocenters. The smallest absolute Gasteiger partial charge is 0.258 e. The van der Waals surface area contributed by atoms with Crippen molar-refractivity contribution in [3.63, 3.8) is 0 Å². The third kappa shape index (κ3) is 8.64. The highest BCUT2D eigenvalue weighted by atomic mass is 16.5. The normalized spacial score (nSPS) is 11.3. The van der Waals surface area contributed by atoms with Crippen LogP contribution in [-0.2, 0) is 11.3 Å². The van der Waals surface area contributed by atoms with Gasteiger partial charge in [0.2, 0.25) is 0 Å². The van der Waals surface area contributed by atoms with Crippen LogP contribution in [0.3, 0.4) is 0 Å². The van der Waals surface area contributed by atoms with Crippen LogP contribution in [0.4, 0.5) is 0 Å². The summed E-state index contributed by atoms with van der Waals surface area (Å²) in [7, 11) is 1.96. The van der Waals surface area contributed by atoms with Gasteiger partial charge in [-0.1, -0.05) is 12.1 Å². The molecule has 0 atom stereocenters. The Morgan fingerprint density at radius 1 is 1.14 bits per heavy atom. The quantitative estimate of drug-likeness (QED) is 0.608. The first-order valence-electron chi connectivity index (χ1n) is 7.79. The summed E-state index contributed by atoms with van der Waals surface area (Å²) in [6, 6.07) is 7.83. The molecule has 0 aliphatic rings. The first-order valence-corrected chi connectivity index (χ1v) is 7.79. The molecule has 0 spiro atoms. The van der Waals surface area contributed by atoms with E-state index in [0.29, 0.717) is 5.75 Å². The van der Waals surface area contributed by atoms with Gasteiger partial charge in [0.25, 0.3) is 5.91 Å². The Labute approximate surface area is 133 Å². The summed E-state index contributed by atoms with van der Waals surface area (Å²) in [6.07, 6.45) is 1.11. The highest BCUT2D eigenvalue weighted by molar-refractivity contribution is 5.78. The number of hydrogen-bond acceptors (Lipinski definition) is 4. The molecule has 0 radical (unpaired) electrons. The van der Waals surface area contributed by atoms with Crippen molar-refractivity contribution in [2.45, 2.75) is 39.3 Å². The molecule has 0 saturated carbocycles. The highest BCUT2D eigenvalue weighted by Gasteiger charge is 2.13. The SMILES string of the molecule is CNCCCNCc1ccc(OCC(=O)NC(C)(C)C)cc1. The van der Waals surface area contributed by atoms with Crippen molar-refractivity contribution in [3.8, 4) is 5.75 Å². The van der Waals surface area contributed by atoms with Crippen molar-refractivity contribution in [2.24, 2.45) is 0 Å². The Balaban J connectivity index is 2.28. The van der Waals surface area contributed by atoms with E-state index in [-0.39, 0.29) is 18.1 Å². The van der Waals surface area contributed by atoms with Crippen molar-refractivity contribution in [1.82, 2.24) is 16.0 Å². The number of hydrogen-bond donors (Lipinski definition) is 3. The lowest BCUT2D eigenvalue weighted by Gasteiger charge is -2.20. The second-order valence-electron chi connectivity index (χ2n) is 6.36. The molecule has 0 aliphatic carbocycles. The zero-order valence-corrected chi connectivity index (χ0v) is 14.2. The van der Waals surface area contributed by atoms with E-state index >= 15 is 0 Å². The van der Waals surface area contributed by atoms with E-state index in [1.54, 1.807) is 0 Å². The van der Waals surface area contributed by atoms with E-state index < -0.39 is 0 Å². The third-order valence-corrected chi connectivity index (χ3v) is 2.92. The van der Waals surface area contributed by atoms with E-state index in [0.717, 1.165) is 26.1 Å². The van der Waals surface area contributed by atoms with Gasteiger partial charge in [0.05, 0.1) is 0 Å². The summed E-state index contributed by atoms with van der Waals surface area (Å²) in [5, 5.41) is 9.38. The lowest BCUT2D eigenvalue weighted by Crippen LogP contribution is -2.43. The first-order chi connectivity index (χ1) is 10.4. The average molecular weight is 307 g/mol. The van der Waals surface area contributed by atoms with Gasteiger partial charge in [0.1, 0.15) is 5.75 Å². The molecule has 0 aromatic heterocycles. The van der Waals surface area contributed by atoms with Crippen LogP contribution < -0.4 is 20.7 Å². The van der Waals surface area contributed by atoms with Crippen LogP contribution in [-0.4, -0.2) is 38.2 Å². The van der Waals surface area contributed by atoms with Gasteiger partial charge in [-0.15, -0.1) is 0 Å². The summed E-state index contributed by atoms with van der Waals surface area (Å²) in [6.45, 7) is 8.74. The lowest BCUT2D eigenvalue weighted by atomic mass is 10.1. The molecule has 1 amide bonds. The number of carbonyl (C=O) groups excluding carboxylic acids is 1. The minimum absolute atomic E-state index is 0.0406. The fourth-order valence-corrected chi connectivity index (χ4v) is 1.93. The van der Waals surface area contributed by atoms with E-state index in [2.05, 4.69) is 16.0 Å². The van der Waals surface area contributed by atoms with Gasteiger partial charge < -0.3 is 20.7 Å². The van der Waals surface area contributed by atoms with Gasteiger partial charge in [0, 0.05) is 12.1 Å². The van der Waals surface area contributed by atoms with Crippen LogP contribution in [0.1, 0.15) is 32.8 Å². The van der Waals surface area contributed by atoms with E-state index in [9.17, 15) is 4.79 Å². The molecule has 0 bridgehead atoms. The number of amides is 1. The molecule has 0 saturated heterocycles. The van der Waals surface area contributed by atoms with Crippen LogP contribution in [0.2, 0.25) is 0 Å². The molecular weight excluding hydrogens is 278 g/mol. The average Bonchev–Trinajstić information content (AvgIpc) is 2.44. The number of rotatable bonds is 9. The Morgan fingerprint density at radius 2 is 1.82 bits per heavy atom. The summed E-state index contributed by atoms with van der Waals surface area (Å²) < 4.78 is 5.49. The molecule has 5 nitrogen and oxygen atoms in total. The zero-order valence-electron chi connectivity index (χ0n) is 14.2. The van der Waals surface area contributed by atoms with Crippen LogP contribution in [0.25, 0.3) is 0 Å². The summed E-state index contributed by atoms with van der Waals surface area (Å²) in [4.78, 5) is 11.7. The summed E-state index contributed by atoms with van der Waals surface area (Å²) in [5.74, 6) is 0.603. The van der Waals surface area contributed by atoms with E-state index in [1.807, 2.05) is 52.1 Å². The van der Waals surface area contributed by atoms with Crippen LogP contribution >= 0.6 is 0 Å². The number of benzene rings is 1. The monoisotopic (exact) mass is 307 g/mol. The second kappa shape index (κ2) is 9.43. The van der Waals surface area contributed by atoms with Gasteiger partial charge in [-0.25, -0.2) is 0 Å². The van der Waals surface area contributed by atoms with E-state index in [4.69, 9.17) is 4.74 Å². The Bertz CT molecular complexity index is 438. The molecule has 1 rings (SSSR count). The molecule has 1 aromatic rings. The molecule has 22 heavy (non-hydrogen) atoms. The minimum atomic E-state index is -0.233. The molecule has 1 aromatic carbocycles. The van der Waals surface area contributed by atoms with Gasteiger partial charge in [-0.2, -0.15) is 0 Å². The van der Waals surface area contributed by atoms with Crippen molar-refractivity contribution in [1.29, 1.82) is 0 Å². The Morgan fingerprint density at radius 3 is 2.41 bits per heavy atom.